The molecule has 1 amide bonds. The third-order valence-corrected chi connectivity index (χ3v) is 4.72. The Morgan fingerprint density at radius 2 is 1.84 bits per heavy atom. The van der Waals surface area contributed by atoms with Gasteiger partial charge in [0.1, 0.15) is 5.82 Å². The summed E-state index contributed by atoms with van der Waals surface area (Å²) < 4.78 is 13.9. The number of benzene rings is 1. The lowest BCUT2D eigenvalue weighted by molar-refractivity contribution is -0.140. The number of hydrogen-bond donors (Lipinski definition) is 1. The minimum absolute atomic E-state index is 0.0275. The van der Waals surface area contributed by atoms with Crippen LogP contribution in [0.25, 0.3) is 0 Å². The van der Waals surface area contributed by atoms with Crippen molar-refractivity contribution >= 4 is 17.6 Å². The maximum atomic E-state index is 13.9. The van der Waals surface area contributed by atoms with E-state index in [-0.39, 0.29) is 30.9 Å². The van der Waals surface area contributed by atoms with Gasteiger partial charge >= 0.3 is 5.97 Å². The minimum Gasteiger partial charge on any atom is -0.480 e. The Bertz CT molecular complexity index is 603. The van der Waals surface area contributed by atoms with E-state index in [1.54, 1.807) is 28.0 Å². The second-order valence-electron chi connectivity index (χ2n) is 6.38. The van der Waals surface area contributed by atoms with E-state index in [9.17, 15) is 14.0 Å². The first-order chi connectivity index (χ1) is 11.9. The van der Waals surface area contributed by atoms with Crippen LogP contribution >= 0.6 is 0 Å². The molecule has 1 aliphatic rings. The Kier molecular flexibility index (Phi) is 6.75. The number of anilines is 1. The first kappa shape index (κ1) is 19.2. The highest BCUT2D eigenvalue weighted by Gasteiger charge is 2.26. The largest absolute Gasteiger partial charge is 0.480 e. The van der Waals surface area contributed by atoms with Crippen LogP contribution in [0, 0.1) is 5.82 Å². The number of para-hydroxylation sites is 1. The predicted octanol–water partition coefficient (Wildman–Crippen LogP) is 1.66. The van der Waals surface area contributed by atoms with Crippen molar-refractivity contribution in [3.63, 3.8) is 0 Å². The van der Waals surface area contributed by atoms with Gasteiger partial charge in [-0.2, -0.15) is 0 Å². The average Bonchev–Trinajstić information content (AvgIpc) is 2.60. The lowest BCUT2D eigenvalue weighted by Gasteiger charge is -2.37. The molecule has 1 aliphatic heterocycles. The summed E-state index contributed by atoms with van der Waals surface area (Å²) in [6, 6.07) is 6.66. The van der Waals surface area contributed by atoms with Crippen molar-refractivity contribution in [2.24, 2.45) is 0 Å². The molecule has 0 aliphatic carbocycles. The number of rotatable bonds is 7. The van der Waals surface area contributed by atoms with Gasteiger partial charge in [-0.05, 0) is 25.5 Å². The van der Waals surface area contributed by atoms with Crippen LogP contribution < -0.4 is 4.90 Å². The fourth-order valence-electron chi connectivity index (χ4n) is 2.98. The number of carbonyl (C=O) groups excluding carboxylic acids is 1. The monoisotopic (exact) mass is 351 g/mol. The highest BCUT2D eigenvalue weighted by Crippen LogP contribution is 2.20. The molecule has 0 radical (unpaired) electrons. The fourth-order valence-corrected chi connectivity index (χ4v) is 2.98. The van der Waals surface area contributed by atoms with Gasteiger partial charge < -0.3 is 14.9 Å². The topological polar surface area (TPSA) is 64.1 Å². The maximum Gasteiger partial charge on any atom is 0.317 e. The van der Waals surface area contributed by atoms with Crippen LogP contribution in [0.5, 0.6) is 0 Å². The number of carboxylic acids is 1. The summed E-state index contributed by atoms with van der Waals surface area (Å²) >= 11 is 0. The van der Waals surface area contributed by atoms with Crippen LogP contribution in [0.15, 0.2) is 24.3 Å². The summed E-state index contributed by atoms with van der Waals surface area (Å²) in [5.41, 5.74) is 0.557. The van der Waals surface area contributed by atoms with Gasteiger partial charge in [0.2, 0.25) is 5.91 Å². The lowest BCUT2D eigenvalue weighted by Crippen LogP contribution is -2.52. The summed E-state index contributed by atoms with van der Waals surface area (Å²) in [5, 5.41) is 9.03. The van der Waals surface area contributed by atoms with Crippen LogP contribution in [0.3, 0.4) is 0 Å². The molecule has 1 N–H and O–H groups in total. The molecule has 7 heteroatoms. The van der Waals surface area contributed by atoms with E-state index in [4.69, 9.17) is 5.11 Å². The molecule has 2 rings (SSSR count). The summed E-state index contributed by atoms with van der Waals surface area (Å²) in [4.78, 5) is 28.9. The molecular formula is C18H26FN3O3. The van der Waals surface area contributed by atoms with Crippen molar-refractivity contribution in [1.29, 1.82) is 0 Å². The van der Waals surface area contributed by atoms with Gasteiger partial charge in [-0.3, -0.25) is 14.5 Å². The standard InChI is InChI=1S/C18H26FN3O3/c1-3-14(2)22(13-18(24)25)12-17(23)21-10-8-20(9-11-21)16-7-5-4-6-15(16)19/h4-7,14H,3,8-13H2,1-2H3,(H,24,25)/t14-/m0/s1. The number of carbonyl (C=O) groups is 2. The molecule has 0 spiro atoms. The van der Waals surface area contributed by atoms with E-state index in [1.807, 2.05) is 18.7 Å². The van der Waals surface area contributed by atoms with E-state index in [0.29, 0.717) is 31.9 Å². The molecule has 1 aromatic rings. The van der Waals surface area contributed by atoms with Crippen molar-refractivity contribution in [3.05, 3.63) is 30.1 Å². The zero-order valence-electron chi connectivity index (χ0n) is 14.8. The quantitative estimate of drug-likeness (QED) is 0.809. The molecule has 25 heavy (non-hydrogen) atoms. The normalized spacial score (nSPS) is 16.2. The van der Waals surface area contributed by atoms with Gasteiger partial charge in [-0.25, -0.2) is 4.39 Å². The van der Waals surface area contributed by atoms with E-state index in [2.05, 4.69) is 0 Å². The minimum atomic E-state index is -0.933. The van der Waals surface area contributed by atoms with E-state index in [1.165, 1.54) is 6.07 Å². The van der Waals surface area contributed by atoms with Crippen molar-refractivity contribution < 1.29 is 19.1 Å². The Morgan fingerprint density at radius 3 is 2.40 bits per heavy atom. The second kappa shape index (κ2) is 8.80. The average molecular weight is 351 g/mol. The van der Waals surface area contributed by atoms with Crippen molar-refractivity contribution in [2.75, 3.05) is 44.2 Å². The van der Waals surface area contributed by atoms with E-state index in [0.717, 1.165) is 6.42 Å². The molecule has 1 heterocycles. The molecule has 6 nitrogen and oxygen atoms in total. The summed E-state index contributed by atoms with van der Waals surface area (Å²) in [7, 11) is 0. The van der Waals surface area contributed by atoms with E-state index >= 15 is 0 Å². The second-order valence-corrected chi connectivity index (χ2v) is 6.38. The molecule has 1 atom stereocenters. The molecule has 138 valence electrons. The number of piperazine rings is 1. The molecular weight excluding hydrogens is 325 g/mol. The first-order valence-corrected chi connectivity index (χ1v) is 8.65. The van der Waals surface area contributed by atoms with Gasteiger partial charge in [-0.15, -0.1) is 0 Å². The lowest BCUT2D eigenvalue weighted by atomic mass is 10.2. The van der Waals surface area contributed by atoms with Gasteiger partial charge in [0.15, 0.2) is 0 Å². The van der Waals surface area contributed by atoms with E-state index < -0.39 is 5.97 Å². The summed E-state index contributed by atoms with van der Waals surface area (Å²) in [6.45, 7) is 5.99. The molecule has 1 saturated heterocycles. The van der Waals surface area contributed by atoms with Crippen LogP contribution in [-0.4, -0.2) is 72.1 Å². The number of hydrogen-bond acceptors (Lipinski definition) is 4. The van der Waals surface area contributed by atoms with Gasteiger partial charge in [-0.1, -0.05) is 19.1 Å². The zero-order chi connectivity index (χ0) is 18.4. The third-order valence-electron chi connectivity index (χ3n) is 4.72. The number of halogens is 1. The SMILES string of the molecule is CC[C@H](C)N(CC(=O)O)CC(=O)N1CCN(c2ccccc2F)CC1. The van der Waals surface area contributed by atoms with Crippen LogP contribution in [0.4, 0.5) is 10.1 Å². The molecule has 1 aromatic carbocycles. The number of amides is 1. The van der Waals surface area contributed by atoms with Gasteiger partial charge in [0, 0.05) is 32.2 Å². The number of nitrogens with zero attached hydrogens (tertiary/aromatic N) is 3. The highest BCUT2D eigenvalue weighted by molar-refractivity contribution is 5.79. The van der Waals surface area contributed by atoms with Crippen LogP contribution in [-0.2, 0) is 9.59 Å². The van der Waals surface area contributed by atoms with Crippen LogP contribution in [0.1, 0.15) is 20.3 Å². The highest BCUT2D eigenvalue weighted by atomic mass is 19.1. The Labute approximate surface area is 147 Å². The van der Waals surface area contributed by atoms with Gasteiger partial charge in [0.05, 0.1) is 18.8 Å². The van der Waals surface area contributed by atoms with Crippen LogP contribution in [0.2, 0.25) is 0 Å². The van der Waals surface area contributed by atoms with Crippen molar-refractivity contribution in [3.8, 4) is 0 Å². The van der Waals surface area contributed by atoms with Gasteiger partial charge in [0.25, 0.3) is 0 Å². The first-order valence-electron chi connectivity index (χ1n) is 8.65. The fraction of sp³-hybridized carbons (Fsp3) is 0.556. The molecule has 0 saturated carbocycles. The molecule has 0 unspecified atom stereocenters. The Hall–Kier alpha value is -2.15. The number of carboxylic acid groups (broad SMARTS) is 1. The summed E-state index contributed by atoms with van der Waals surface area (Å²) in [5.74, 6) is -1.26. The molecule has 0 bridgehead atoms. The number of aliphatic carboxylic acids is 1. The smallest absolute Gasteiger partial charge is 0.317 e. The van der Waals surface area contributed by atoms with Crippen molar-refractivity contribution in [1.82, 2.24) is 9.80 Å². The molecule has 1 fully saturated rings. The maximum absolute atomic E-state index is 13.9. The predicted molar refractivity (Wildman–Crippen MR) is 94.2 cm³/mol. The Morgan fingerprint density at radius 1 is 1.20 bits per heavy atom. The molecule has 0 aromatic heterocycles. The summed E-state index contributed by atoms with van der Waals surface area (Å²) in [6.07, 6.45) is 0.779. The van der Waals surface area contributed by atoms with Crippen molar-refractivity contribution in [2.45, 2.75) is 26.3 Å². The Balaban J connectivity index is 1.92. The third kappa shape index (κ3) is 5.16. The zero-order valence-corrected chi connectivity index (χ0v) is 14.8.